The minimum Gasteiger partial charge on any atom is -0.294 e. The van der Waals surface area contributed by atoms with Gasteiger partial charge in [0.2, 0.25) is 0 Å². The van der Waals surface area contributed by atoms with Gasteiger partial charge in [0, 0.05) is 39.0 Å². The molecule has 1 aromatic rings. The molecule has 2 atom stereocenters. The van der Waals surface area contributed by atoms with Crippen LogP contribution in [0.15, 0.2) is 18.3 Å². The largest absolute Gasteiger partial charge is 0.294 e. The second-order valence-corrected chi connectivity index (χ2v) is 7.57. The van der Waals surface area contributed by atoms with Gasteiger partial charge in [-0.2, -0.15) is 5.26 Å². The van der Waals surface area contributed by atoms with Crippen LogP contribution in [0, 0.1) is 17.2 Å². The lowest BCUT2D eigenvalue weighted by Crippen LogP contribution is -2.41. The molecule has 20 heavy (non-hydrogen) atoms. The molecule has 3 heterocycles. The standard InChI is InChI=1S/C15H16N2O2S/c16-8-12-5-4-10(9-17-12)15(18)11-6-13-2-1-3-14(7-11)20(13)19/h4-5,9,11,13-14H,1-3,6-7H2. The van der Waals surface area contributed by atoms with Gasteiger partial charge >= 0.3 is 0 Å². The minimum atomic E-state index is -0.746. The van der Waals surface area contributed by atoms with Gasteiger partial charge in [0.15, 0.2) is 5.78 Å². The molecule has 2 aliphatic rings. The maximum atomic E-state index is 12.5. The number of rotatable bonds is 2. The SMILES string of the molecule is N#Cc1ccc(C(=O)C2CC3CCCC(C2)S3=O)cn1. The maximum Gasteiger partial charge on any atom is 0.167 e. The zero-order valence-corrected chi connectivity index (χ0v) is 11.9. The number of fused-ring (bicyclic) bond motifs is 2. The Bertz CT molecular complexity index is 575. The number of carbonyl (C=O) groups is 1. The molecule has 2 bridgehead atoms. The van der Waals surface area contributed by atoms with Crippen LogP contribution in [0.2, 0.25) is 0 Å². The van der Waals surface area contributed by atoms with Gasteiger partial charge in [-0.3, -0.25) is 9.00 Å². The first kappa shape index (κ1) is 13.4. The van der Waals surface area contributed by atoms with Crippen LogP contribution in [0.1, 0.15) is 48.2 Å². The highest BCUT2D eigenvalue weighted by Crippen LogP contribution is 2.38. The minimum absolute atomic E-state index is 0.0299. The van der Waals surface area contributed by atoms with Crippen molar-refractivity contribution in [1.29, 1.82) is 5.26 Å². The third-order valence-corrected chi connectivity index (χ3v) is 6.51. The van der Waals surface area contributed by atoms with E-state index in [9.17, 15) is 9.00 Å². The molecule has 2 saturated heterocycles. The van der Waals surface area contributed by atoms with E-state index in [4.69, 9.17) is 5.26 Å². The van der Waals surface area contributed by atoms with Crippen LogP contribution in [0.4, 0.5) is 0 Å². The topological polar surface area (TPSA) is 70.8 Å². The molecule has 0 saturated carbocycles. The number of ketones is 1. The van der Waals surface area contributed by atoms with E-state index >= 15 is 0 Å². The van der Waals surface area contributed by atoms with E-state index < -0.39 is 10.8 Å². The van der Waals surface area contributed by atoms with Crippen molar-refractivity contribution < 1.29 is 9.00 Å². The molecule has 0 aromatic carbocycles. The van der Waals surface area contributed by atoms with Gasteiger partial charge in [-0.1, -0.05) is 6.42 Å². The fourth-order valence-corrected chi connectivity index (χ4v) is 5.48. The second kappa shape index (κ2) is 5.45. The van der Waals surface area contributed by atoms with Crippen molar-refractivity contribution in [3.8, 4) is 6.07 Å². The lowest BCUT2D eigenvalue weighted by molar-refractivity contribution is 0.0895. The molecule has 0 spiro atoms. The number of nitrogens with zero attached hydrogens (tertiary/aromatic N) is 2. The van der Waals surface area contributed by atoms with E-state index in [1.54, 1.807) is 12.1 Å². The Balaban J connectivity index is 1.77. The number of hydrogen-bond donors (Lipinski definition) is 0. The van der Waals surface area contributed by atoms with E-state index in [1.807, 2.05) is 6.07 Å². The van der Waals surface area contributed by atoms with Crippen molar-refractivity contribution in [3.63, 3.8) is 0 Å². The van der Waals surface area contributed by atoms with Gasteiger partial charge in [-0.05, 0) is 37.8 Å². The lowest BCUT2D eigenvalue weighted by Gasteiger charge is -2.37. The summed E-state index contributed by atoms with van der Waals surface area (Å²) in [6, 6.07) is 5.20. The number of pyridine rings is 1. The van der Waals surface area contributed by atoms with E-state index in [0.717, 1.165) is 32.1 Å². The highest BCUT2D eigenvalue weighted by molar-refractivity contribution is 7.86. The molecule has 2 fully saturated rings. The van der Waals surface area contributed by atoms with Crippen LogP contribution in [0.5, 0.6) is 0 Å². The number of aromatic nitrogens is 1. The van der Waals surface area contributed by atoms with Gasteiger partial charge in [0.25, 0.3) is 0 Å². The molecule has 3 rings (SSSR count). The summed E-state index contributed by atoms with van der Waals surface area (Å²) in [5.74, 6) is 0.0633. The van der Waals surface area contributed by atoms with Crippen molar-refractivity contribution in [2.45, 2.75) is 42.6 Å². The van der Waals surface area contributed by atoms with Gasteiger partial charge in [0.1, 0.15) is 11.8 Å². The third kappa shape index (κ3) is 2.40. The highest BCUT2D eigenvalue weighted by Gasteiger charge is 2.40. The van der Waals surface area contributed by atoms with Crippen LogP contribution < -0.4 is 0 Å². The zero-order valence-electron chi connectivity index (χ0n) is 11.1. The normalized spacial score (nSPS) is 32.4. The summed E-state index contributed by atoms with van der Waals surface area (Å²) in [6.07, 6.45) is 6.07. The van der Waals surface area contributed by atoms with Crippen LogP contribution in [0.3, 0.4) is 0 Å². The molecule has 2 aliphatic heterocycles. The average molecular weight is 288 g/mol. The molecular weight excluding hydrogens is 272 g/mol. The molecule has 2 unspecified atom stereocenters. The van der Waals surface area contributed by atoms with Crippen molar-refractivity contribution in [2.24, 2.45) is 5.92 Å². The monoisotopic (exact) mass is 288 g/mol. The Morgan fingerprint density at radius 2 is 2.00 bits per heavy atom. The first-order valence-electron chi connectivity index (χ1n) is 6.99. The van der Waals surface area contributed by atoms with E-state index in [2.05, 4.69) is 4.98 Å². The number of hydrogen-bond acceptors (Lipinski definition) is 4. The van der Waals surface area contributed by atoms with Crippen LogP contribution >= 0.6 is 0 Å². The number of Topliss-reactive ketones (excluding diaryl/α,β-unsaturated/α-hetero) is 1. The predicted octanol–water partition coefficient (Wildman–Crippen LogP) is 2.22. The average Bonchev–Trinajstić information content (AvgIpc) is 2.46. The summed E-state index contributed by atoms with van der Waals surface area (Å²) in [5.41, 5.74) is 0.892. The van der Waals surface area contributed by atoms with E-state index in [0.29, 0.717) is 11.3 Å². The molecule has 0 radical (unpaired) electrons. The fourth-order valence-electron chi connectivity index (χ4n) is 3.29. The summed E-state index contributed by atoms with van der Waals surface area (Å²) in [7, 11) is -0.746. The van der Waals surface area contributed by atoms with Gasteiger partial charge in [-0.25, -0.2) is 4.98 Å². The third-order valence-electron chi connectivity index (χ3n) is 4.34. The molecule has 1 aromatic heterocycles. The molecule has 0 aliphatic carbocycles. The number of nitriles is 1. The van der Waals surface area contributed by atoms with Crippen LogP contribution in [-0.4, -0.2) is 25.5 Å². The van der Waals surface area contributed by atoms with E-state index in [-0.39, 0.29) is 22.2 Å². The lowest BCUT2D eigenvalue weighted by atomic mass is 9.85. The fraction of sp³-hybridized carbons (Fsp3) is 0.533. The molecule has 0 amide bonds. The predicted molar refractivity (Wildman–Crippen MR) is 75.6 cm³/mol. The van der Waals surface area contributed by atoms with Gasteiger partial charge in [-0.15, -0.1) is 0 Å². The van der Waals surface area contributed by atoms with Crippen molar-refractivity contribution in [3.05, 3.63) is 29.6 Å². The highest BCUT2D eigenvalue weighted by atomic mass is 32.2. The Morgan fingerprint density at radius 3 is 2.55 bits per heavy atom. The summed E-state index contributed by atoms with van der Waals surface area (Å²) < 4.78 is 12.1. The Kier molecular flexibility index (Phi) is 3.66. The van der Waals surface area contributed by atoms with Crippen molar-refractivity contribution in [2.75, 3.05) is 0 Å². The molecule has 4 nitrogen and oxygen atoms in total. The van der Waals surface area contributed by atoms with Gasteiger partial charge < -0.3 is 0 Å². The first-order valence-corrected chi connectivity index (χ1v) is 8.26. The summed E-state index contributed by atoms with van der Waals surface area (Å²) >= 11 is 0. The quantitative estimate of drug-likeness (QED) is 0.782. The summed E-state index contributed by atoms with van der Waals surface area (Å²) in [6.45, 7) is 0. The van der Waals surface area contributed by atoms with Crippen LogP contribution in [0.25, 0.3) is 0 Å². The Labute approximate surface area is 120 Å². The van der Waals surface area contributed by atoms with Crippen LogP contribution in [-0.2, 0) is 10.8 Å². The molecular formula is C15H16N2O2S. The smallest absolute Gasteiger partial charge is 0.167 e. The first-order chi connectivity index (χ1) is 9.69. The Morgan fingerprint density at radius 1 is 1.30 bits per heavy atom. The molecule has 104 valence electrons. The van der Waals surface area contributed by atoms with E-state index in [1.165, 1.54) is 6.20 Å². The zero-order chi connectivity index (χ0) is 14.1. The Hall–Kier alpha value is -1.54. The second-order valence-electron chi connectivity index (χ2n) is 5.58. The molecule has 5 heteroatoms. The number of carbonyl (C=O) groups excluding carboxylic acids is 1. The summed E-state index contributed by atoms with van der Waals surface area (Å²) in [5, 5.41) is 9.12. The maximum absolute atomic E-state index is 12.5. The molecule has 0 N–H and O–H groups in total. The van der Waals surface area contributed by atoms with Crippen molar-refractivity contribution in [1.82, 2.24) is 4.98 Å². The van der Waals surface area contributed by atoms with Crippen molar-refractivity contribution >= 4 is 16.6 Å². The summed E-state index contributed by atoms with van der Waals surface area (Å²) in [4.78, 5) is 16.5. The van der Waals surface area contributed by atoms with Gasteiger partial charge in [0.05, 0.1) is 0 Å².